The molecule has 1 fully saturated rings. The highest BCUT2D eigenvalue weighted by Gasteiger charge is 2.20. The van der Waals surface area contributed by atoms with Crippen LogP contribution in [-0.2, 0) is 6.42 Å². The Balaban J connectivity index is 1.93. The molecule has 0 aromatic carbocycles. The molecule has 0 spiro atoms. The molecule has 1 aliphatic heterocycles. The van der Waals surface area contributed by atoms with E-state index < -0.39 is 0 Å². The average Bonchev–Trinajstić information content (AvgIpc) is 2.77. The molecule has 0 saturated carbocycles. The van der Waals surface area contributed by atoms with E-state index in [1.807, 2.05) is 0 Å². The zero-order chi connectivity index (χ0) is 11.5. The highest BCUT2D eigenvalue weighted by Crippen LogP contribution is 2.22. The van der Waals surface area contributed by atoms with Crippen LogP contribution in [0.15, 0.2) is 5.38 Å². The number of aryl methyl sites for hydroxylation is 1. The summed E-state index contributed by atoms with van der Waals surface area (Å²) in [5.41, 5.74) is 1.23. The van der Waals surface area contributed by atoms with Crippen molar-refractivity contribution in [3.8, 4) is 0 Å². The molecule has 2 heterocycles. The molecule has 0 amide bonds. The lowest BCUT2D eigenvalue weighted by molar-refractivity contribution is 0.209. The van der Waals surface area contributed by atoms with E-state index in [4.69, 9.17) is 0 Å². The maximum Gasteiger partial charge on any atom is 0.185 e. The van der Waals surface area contributed by atoms with Crippen LogP contribution in [0.5, 0.6) is 0 Å². The molecular formula is C12H21N3S. The van der Waals surface area contributed by atoms with E-state index in [0.29, 0.717) is 6.04 Å². The minimum Gasteiger partial charge on any atom is -0.346 e. The summed E-state index contributed by atoms with van der Waals surface area (Å²) in [6.07, 6.45) is 1.04. The van der Waals surface area contributed by atoms with Gasteiger partial charge in [-0.2, -0.15) is 0 Å². The molecule has 1 aromatic rings. The summed E-state index contributed by atoms with van der Waals surface area (Å²) in [6, 6.07) is 0.671. The van der Waals surface area contributed by atoms with Gasteiger partial charge in [0.05, 0.1) is 5.69 Å². The molecule has 0 bridgehead atoms. The smallest absolute Gasteiger partial charge is 0.185 e. The highest BCUT2D eigenvalue weighted by molar-refractivity contribution is 7.13. The monoisotopic (exact) mass is 239 g/mol. The van der Waals surface area contributed by atoms with Gasteiger partial charge in [0.25, 0.3) is 0 Å². The molecule has 0 aliphatic carbocycles. The number of hydrogen-bond donors (Lipinski definition) is 0. The van der Waals surface area contributed by atoms with E-state index in [1.165, 1.54) is 23.9 Å². The Morgan fingerprint density at radius 1 is 1.31 bits per heavy atom. The number of nitrogens with zero attached hydrogens (tertiary/aromatic N) is 3. The second kappa shape index (κ2) is 5.15. The van der Waals surface area contributed by atoms with Crippen molar-refractivity contribution in [3.63, 3.8) is 0 Å². The van der Waals surface area contributed by atoms with Crippen LogP contribution >= 0.6 is 11.3 Å². The zero-order valence-electron chi connectivity index (χ0n) is 10.4. The van der Waals surface area contributed by atoms with Gasteiger partial charge in [0.2, 0.25) is 0 Å². The molecular weight excluding hydrogens is 218 g/mol. The molecule has 1 saturated heterocycles. The van der Waals surface area contributed by atoms with Gasteiger partial charge in [-0.3, -0.25) is 4.90 Å². The van der Waals surface area contributed by atoms with Gasteiger partial charge in [0.15, 0.2) is 5.13 Å². The van der Waals surface area contributed by atoms with Gasteiger partial charge in [-0.25, -0.2) is 4.98 Å². The van der Waals surface area contributed by atoms with Crippen molar-refractivity contribution in [1.29, 1.82) is 0 Å². The largest absolute Gasteiger partial charge is 0.346 e. The Hall–Kier alpha value is -0.610. The molecule has 2 rings (SSSR count). The predicted molar refractivity (Wildman–Crippen MR) is 70.4 cm³/mol. The standard InChI is InChI=1S/C12H21N3S/c1-4-11-9-16-12(13-11)15-7-5-14(6-8-15)10(2)3/h9-10H,4-8H2,1-3H3. The van der Waals surface area contributed by atoms with E-state index >= 15 is 0 Å². The van der Waals surface area contributed by atoms with Crippen molar-refractivity contribution in [2.24, 2.45) is 0 Å². The summed E-state index contributed by atoms with van der Waals surface area (Å²) in [6.45, 7) is 11.3. The Labute approximate surface area is 102 Å². The summed E-state index contributed by atoms with van der Waals surface area (Å²) >= 11 is 1.79. The van der Waals surface area contributed by atoms with Crippen LogP contribution in [0.3, 0.4) is 0 Å². The molecule has 1 aliphatic rings. The first-order chi connectivity index (χ1) is 7.70. The van der Waals surface area contributed by atoms with Crippen LogP contribution in [0.2, 0.25) is 0 Å². The Morgan fingerprint density at radius 2 is 2.00 bits per heavy atom. The lowest BCUT2D eigenvalue weighted by Crippen LogP contribution is -2.48. The molecule has 0 radical (unpaired) electrons. The number of rotatable bonds is 3. The SMILES string of the molecule is CCc1csc(N2CCN(C(C)C)CC2)n1. The van der Waals surface area contributed by atoms with Gasteiger partial charge in [-0.05, 0) is 20.3 Å². The molecule has 1 aromatic heterocycles. The fourth-order valence-electron chi connectivity index (χ4n) is 2.03. The van der Waals surface area contributed by atoms with Gasteiger partial charge in [0.1, 0.15) is 0 Å². The first-order valence-electron chi connectivity index (χ1n) is 6.14. The van der Waals surface area contributed by atoms with E-state index in [2.05, 4.69) is 40.9 Å². The van der Waals surface area contributed by atoms with Gasteiger partial charge in [-0.1, -0.05) is 6.92 Å². The quantitative estimate of drug-likeness (QED) is 0.806. The van der Waals surface area contributed by atoms with Gasteiger partial charge in [0, 0.05) is 37.6 Å². The van der Waals surface area contributed by atoms with Crippen molar-refractivity contribution in [2.75, 3.05) is 31.1 Å². The second-order valence-corrected chi connectivity index (χ2v) is 5.43. The first-order valence-corrected chi connectivity index (χ1v) is 7.02. The molecule has 16 heavy (non-hydrogen) atoms. The van der Waals surface area contributed by atoms with Gasteiger partial charge < -0.3 is 4.90 Å². The van der Waals surface area contributed by atoms with Crippen LogP contribution in [0.4, 0.5) is 5.13 Å². The van der Waals surface area contributed by atoms with Crippen LogP contribution in [0, 0.1) is 0 Å². The minimum absolute atomic E-state index is 0.671. The first kappa shape index (κ1) is 11.9. The molecule has 0 unspecified atom stereocenters. The fraction of sp³-hybridized carbons (Fsp3) is 0.750. The maximum absolute atomic E-state index is 4.65. The zero-order valence-corrected chi connectivity index (χ0v) is 11.3. The van der Waals surface area contributed by atoms with Crippen molar-refractivity contribution in [3.05, 3.63) is 11.1 Å². The van der Waals surface area contributed by atoms with Crippen LogP contribution in [-0.4, -0.2) is 42.1 Å². The van der Waals surface area contributed by atoms with Crippen molar-refractivity contribution in [1.82, 2.24) is 9.88 Å². The van der Waals surface area contributed by atoms with Crippen LogP contribution in [0.25, 0.3) is 0 Å². The van der Waals surface area contributed by atoms with Crippen molar-refractivity contribution >= 4 is 16.5 Å². The summed E-state index contributed by atoms with van der Waals surface area (Å²) < 4.78 is 0. The topological polar surface area (TPSA) is 19.4 Å². The fourth-order valence-corrected chi connectivity index (χ4v) is 3.00. The Kier molecular flexibility index (Phi) is 3.82. The summed E-state index contributed by atoms with van der Waals surface area (Å²) in [7, 11) is 0. The van der Waals surface area contributed by atoms with E-state index in [1.54, 1.807) is 11.3 Å². The summed E-state index contributed by atoms with van der Waals surface area (Å²) in [5.74, 6) is 0. The normalized spacial score (nSPS) is 18.4. The number of piperazine rings is 1. The third-order valence-electron chi connectivity index (χ3n) is 3.22. The number of anilines is 1. The van der Waals surface area contributed by atoms with Gasteiger partial charge >= 0.3 is 0 Å². The molecule has 4 heteroatoms. The highest BCUT2D eigenvalue weighted by atomic mass is 32.1. The van der Waals surface area contributed by atoms with Crippen LogP contribution in [0.1, 0.15) is 26.5 Å². The third-order valence-corrected chi connectivity index (χ3v) is 4.17. The molecule has 0 atom stereocenters. The lowest BCUT2D eigenvalue weighted by Gasteiger charge is -2.36. The minimum atomic E-state index is 0.671. The maximum atomic E-state index is 4.65. The summed E-state index contributed by atoms with van der Waals surface area (Å²) in [5, 5.41) is 3.39. The van der Waals surface area contributed by atoms with E-state index in [0.717, 1.165) is 19.5 Å². The Bertz CT molecular complexity index is 327. The van der Waals surface area contributed by atoms with Gasteiger partial charge in [-0.15, -0.1) is 11.3 Å². The lowest BCUT2D eigenvalue weighted by atomic mass is 10.2. The number of thiazole rings is 1. The third kappa shape index (κ3) is 2.55. The Morgan fingerprint density at radius 3 is 2.50 bits per heavy atom. The molecule has 90 valence electrons. The number of aromatic nitrogens is 1. The van der Waals surface area contributed by atoms with E-state index in [9.17, 15) is 0 Å². The molecule has 3 nitrogen and oxygen atoms in total. The second-order valence-electron chi connectivity index (χ2n) is 4.59. The summed E-state index contributed by atoms with van der Waals surface area (Å²) in [4.78, 5) is 9.60. The van der Waals surface area contributed by atoms with E-state index in [-0.39, 0.29) is 0 Å². The average molecular weight is 239 g/mol. The molecule has 0 N–H and O–H groups in total. The van der Waals surface area contributed by atoms with Crippen molar-refractivity contribution in [2.45, 2.75) is 33.2 Å². The predicted octanol–water partition coefficient (Wildman–Crippen LogP) is 2.24. The van der Waals surface area contributed by atoms with Crippen molar-refractivity contribution < 1.29 is 0 Å². The number of hydrogen-bond acceptors (Lipinski definition) is 4. The van der Waals surface area contributed by atoms with Crippen LogP contribution < -0.4 is 4.90 Å².